The highest BCUT2D eigenvalue weighted by molar-refractivity contribution is 9.10. The number of esters is 1. The van der Waals surface area contributed by atoms with Gasteiger partial charge in [-0.1, -0.05) is 4.85 Å². The molecule has 17 heavy (non-hydrogen) atoms. The van der Waals surface area contributed by atoms with Gasteiger partial charge in [0.1, 0.15) is 4.60 Å². The largest absolute Gasteiger partial charge is 0.464 e. The Labute approximate surface area is 105 Å². The topological polar surface area (TPSA) is 56.7 Å². The number of methoxy groups -OCH3 is 1. The van der Waals surface area contributed by atoms with Gasteiger partial charge < -0.3 is 9.15 Å². The highest BCUT2D eigenvalue weighted by Gasteiger charge is 2.18. The number of aromatic nitrogens is 1. The molecule has 86 valence electrons. The summed E-state index contributed by atoms with van der Waals surface area (Å²) in [4.78, 5) is 19.3. The molecule has 2 rings (SSSR count). The van der Waals surface area contributed by atoms with E-state index in [1.165, 1.54) is 7.11 Å². The molecule has 0 unspecified atom stereocenters. The van der Waals surface area contributed by atoms with Crippen molar-refractivity contribution in [1.82, 2.24) is 4.98 Å². The second kappa shape index (κ2) is 4.55. The predicted molar refractivity (Wildman–Crippen MR) is 65.3 cm³/mol. The smallest absolute Gasteiger partial charge is 0.360 e. The van der Waals surface area contributed by atoms with Gasteiger partial charge in [0.05, 0.1) is 7.11 Å². The number of pyridine rings is 1. The lowest BCUT2D eigenvalue weighted by atomic mass is 10.2. The van der Waals surface area contributed by atoms with E-state index in [9.17, 15) is 4.79 Å². The van der Waals surface area contributed by atoms with Gasteiger partial charge in [-0.25, -0.2) is 9.78 Å². The second-order valence-electron chi connectivity index (χ2n) is 3.15. The summed E-state index contributed by atoms with van der Waals surface area (Å²) in [6.45, 7) is 0. The SMILES string of the molecule is C[N+]#Cc1cc2cc(Br)nc(C(=O)OC)c2o1. The molecular formula is C11H8BrN2O3+. The van der Waals surface area contributed by atoms with Crippen LogP contribution in [0.2, 0.25) is 0 Å². The van der Waals surface area contributed by atoms with Crippen LogP contribution in [0.25, 0.3) is 15.8 Å². The third kappa shape index (κ3) is 2.15. The van der Waals surface area contributed by atoms with E-state index in [1.54, 1.807) is 19.2 Å². The van der Waals surface area contributed by atoms with Crippen LogP contribution in [0.15, 0.2) is 21.2 Å². The Morgan fingerprint density at radius 3 is 3.00 bits per heavy atom. The third-order valence-corrected chi connectivity index (χ3v) is 2.48. The van der Waals surface area contributed by atoms with Crippen molar-refractivity contribution < 1.29 is 13.9 Å². The summed E-state index contributed by atoms with van der Waals surface area (Å²) in [5.74, 6) is -0.113. The molecule has 6 heteroatoms. The summed E-state index contributed by atoms with van der Waals surface area (Å²) < 4.78 is 10.6. The highest BCUT2D eigenvalue weighted by atomic mass is 79.9. The van der Waals surface area contributed by atoms with E-state index < -0.39 is 5.97 Å². The minimum absolute atomic E-state index is 0.126. The molecule has 2 heterocycles. The number of ether oxygens (including phenoxy) is 1. The Hall–Kier alpha value is -1.87. The molecule has 2 aromatic heterocycles. The second-order valence-corrected chi connectivity index (χ2v) is 3.96. The first-order chi connectivity index (χ1) is 8.15. The molecule has 0 fully saturated rings. The van der Waals surface area contributed by atoms with Crippen LogP contribution in [0.4, 0.5) is 0 Å². The number of rotatable bonds is 1. The van der Waals surface area contributed by atoms with Crippen molar-refractivity contribution in [2.45, 2.75) is 0 Å². The third-order valence-electron chi connectivity index (χ3n) is 2.07. The maximum absolute atomic E-state index is 11.5. The first-order valence-corrected chi connectivity index (χ1v) is 5.48. The Bertz CT molecular complexity index is 652. The first kappa shape index (κ1) is 11.6. The summed E-state index contributed by atoms with van der Waals surface area (Å²) >= 11 is 3.22. The van der Waals surface area contributed by atoms with Gasteiger partial charge in [-0.05, 0) is 22.0 Å². The van der Waals surface area contributed by atoms with E-state index in [1.807, 2.05) is 0 Å². The number of hydrogen-bond acceptors (Lipinski definition) is 4. The van der Waals surface area contributed by atoms with Gasteiger partial charge in [0.2, 0.25) is 0 Å². The van der Waals surface area contributed by atoms with Crippen LogP contribution in [-0.2, 0) is 4.74 Å². The molecule has 0 saturated heterocycles. The summed E-state index contributed by atoms with van der Waals surface area (Å²) in [5.41, 5.74) is 0.493. The van der Waals surface area contributed by atoms with Crippen molar-refractivity contribution in [3.05, 3.63) is 33.0 Å². The summed E-state index contributed by atoms with van der Waals surface area (Å²) in [6.07, 6.45) is 0. The van der Waals surface area contributed by atoms with Crippen molar-refractivity contribution >= 4 is 32.9 Å². The number of carbonyl (C=O) groups is 1. The van der Waals surface area contributed by atoms with E-state index in [2.05, 4.69) is 36.6 Å². The number of fused-ring (bicyclic) bond motifs is 1. The van der Waals surface area contributed by atoms with Crippen LogP contribution in [0, 0.1) is 6.07 Å². The quantitative estimate of drug-likeness (QED) is 0.599. The minimum atomic E-state index is -0.550. The normalized spacial score (nSPS) is 9.82. The first-order valence-electron chi connectivity index (χ1n) is 4.69. The van der Waals surface area contributed by atoms with Gasteiger partial charge in [-0.15, -0.1) is 0 Å². The standard InChI is InChI=1S/C11H8BrN2O3/c1-13-5-7-3-6-4-8(12)14-9(10(6)17-7)11(15)16-2/h3-4H,1-2H3/q+1. The Morgan fingerprint density at radius 1 is 1.59 bits per heavy atom. The number of nitrogens with zero attached hydrogens (tertiary/aromatic N) is 2. The number of halogens is 1. The van der Waals surface area contributed by atoms with Crippen LogP contribution in [-0.4, -0.2) is 25.1 Å². The van der Waals surface area contributed by atoms with Crippen LogP contribution >= 0.6 is 15.9 Å². The fraction of sp³-hybridized carbons (Fsp3) is 0.182. The molecule has 0 aliphatic rings. The summed E-state index contributed by atoms with van der Waals surface area (Å²) in [5, 5.41) is 0.735. The van der Waals surface area contributed by atoms with E-state index in [0.29, 0.717) is 15.9 Å². The molecule has 0 amide bonds. The van der Waals surface area contributed by atoms with Crippen molar-refractivity contribution in [3.63, 3.8) is 0 Å². The van der Waals surface area contributed by atoms with E-state index in [0.717, 1.165) is 5.39 Å². The molecule has 0 saturated carbocycles. The van der Waals surface area contributed by atoms with Crippen LogP contribution in [0.3, 0.4) is 0 Å². The average Bonchev–Trinajstić information content (AvgIpc) is 2.69. The molecule has 5 nitrogen and oxygen atoms in total. The zero-order valence-corrected chi connectivity index (χ0v) is 10.7. The fourth-order valence-electron chi connectivity index (χ4n) is 1.42. The summed E-state index contributed by atoms with van der Waals surface area (Å²) in [7, 11) is 2.88. The maximum atomic E-state index is 11.5. The van der Waals surface area contributed by atoms with Gasteiger partial charge >= 0.3 is 12.0 Å². The van der Waals surface area contributed by atoms with Crippen molar-refractivity contribution in [1.29, 1.82) is 0 Å². The molecule has 0 spiro atoms. The van der Waals surface area contributed by atoms with Crippen molar-refractivity contribution in [2.75, 3.05) is 14.2 Å². The number of furan rings is 1. The van der Waals surface area contributed by atoms with Crippen LogP contribution < -0.4 is 0 Å². The molecule has 0 bridgehead atoms. The van der Waals surface area contributed by atoms with Gasteiger partial charge in [0.25, 0.3) is 12.8 Å². The Balaban J connectivity index is 2.72. The highest BCUT2D eigenvalue weighted by Crippen LogP contribution is 2.25. The van der Waals surface area contributed by atoms with Gasteiger partial charge in [-0.2, -0.15) is 0 Å². The average molecular weight is 296 g/mol. The number of carbonyl (C=O) groups excluding carboxylic acids is 1. The van der Waals surface area contributed by atoms with Crippen LogP contribution in [0.5, 0.6) is 0 Å². The van der Waals surface area contributed by atoms with Crippen molar-refractivity contribution in [2.24, 2.45) is 0 Å². The zero-order valence-electron chi connectivity index (χ0n) is 9.15. The van der Waals surface area contributed by atoms with E-state index >= 15 is 0 Å². The lowest BCUT2D eigenvalue weighted by molar-refractivity contribution is 0.0595. The molecule has 0 aliphatic carbocycles. The molecule has 2 aromatic rings. The predicted octanol–water partition coefficient (Wildman–Crippen LogP) is 2.69. The number of hydrogen-bond donors (Lipinski definition) is 0. The summed E-state index contributed by atoms with van der Waals surface area (Å²) in [6, 6.07) is 6.13. The van der Waals surface area contributed by atoms with Gasteiger partial charge in [0.15, 0.2) is 11.3 Å². The fourth-order valence-corrected chi connectivity index (χ4v) is 1.84. The lowest BCUT2D eigenvalue weighted by Crippen LogP contribution is -2.04. The zero-order chi connectivity index (χ0) is 12.4. The minimum Gasteiger partial charge on any atom is -0.464 e. The van der Waals surface area contributed by atoms with E-state index in [-0.39, 0.29) is 5.69 Å². The van der Waals surface area contributed by atoms with Crippen molar-refractivity contribution in [3.8, 4) is 6.07 Å². The molecule has 0 N–H and O–H groups in total. The maximum Gasteiger partial charge on any atom is 0.360 e. The van der Waals surface area contributed by atoms with Gasteiger partial charge in [-0.3, -0.25) is 0 Å². The monoisotopic (exact) mass is 295 g/mol. The Morgan fingerprint density at radius 2 is 2.35 bits per heavy atom. The Kier molecular flexibility index (Phi) is 3.11. The molecule has 0 radical (unpaired) electrons. The van der Waals surface area contributed by atoms with E-state index in [4.69, 9.17) is 4.42 Å². The lowest BCUT2D eigenvalue weighted by Gasteiger charge is -1.99. The molecular weight excluding hydrogens is 288 g/mol. The molecule has 0 atom stereocenters. The van der Waals surface area contributed by atoms with Crippen LogP contribution in [0.1, 0.15) is 16.2 Å². The molecule has 0 aromatic carbocycles. The van der Waals surface area contributed by atoms with Gasteiger partial charge in [0, 0.05) is 11.5 Å². The molecule has 0 aliphatic heterocycles.